The van der Waals surface area contributed by atoms with Gasteiger partial charge in [-0.3, -0.25) is 4.68 Å². The lowest BCUT2D eigenvalue weighted by Crippen LogP contribution is -2.23. The zero-order valence-corrected chi connectivity index (χ0v) is 19.5. The van der Waals surface area contributed by atoms with Gasteiger partial charge in [-0.05, 0) is 68.3 Å². The molecule has 0 aliphatic carbocycles. The molecule has 1 aliphatic rings. The summed E-state index contributed by atoms with van der Waals surface area (Å²) in [6, 6.07) is 13.7. The third-order valence-electron chi connectivity index (χ3n) is 5.75. The maximum atomic E-state index is 10.4. The van der Waals surface area contributed by atoms with E-state index in [0.29, 0.717) is 23.3 Å². The SMILES string of the molecule is Cn1ccc(-c2cnc(Nc3ccc4c(c3)CCNC4)nc2Nc2cccc(C(C)(C)O)n2)n1. The molecular formula is C25H28N8O. The molecule has 4 aromatic rings. The molecule has 0 fully saturated rings. The molecule has 0 saturated heterocycles. The summed E-state index contributed by atoms with van der Waals surface area (Å²) in [7, 11) is 1.87. The number of nitrogens with one attached hydrogen (secondary N) is 3. The first kappa shape index (κ1) is 22.0. The summed E-state index contributed by atoms with van der Waals surface area (Å²) in [5, 5.41) is 24.9. The van der Waals surface area contributed by atoms with Crippen molar-refractivity contribution in [2.75, 3.05) is 17.2 Å². The van der Waals surface area contributed by atoms with Gasteiger partial charge in [0.1, 0.15) is 17.2 Å². The molecule has 5 rings (SSSR count). The highest BCUT2D eigenvalue weighted by Crippen LogP contribution is 2.29. The van der Waals surface area contributed by atoms with E-state index in [1.54, 1.807) is 30.8 Å². The first-order valence-electron chi connectivity index (χ1n) is 11.3. The number of benzene rings is 1. The molecule has 0 unspecified atom stereocenters. The third kappa shape index (κ3) is 4.75. The van der Waals surface area contributed by atoms with Crippen molar-refractivity contribution >= 4 is 23.3 Å². The molecule has 9 nitrogen and oxygen atoms in total. The predicted molar refractivity (Wildman–Crippen MR) is 132 cm³/mol. The summed E-state index contributed by atoms with van der Waals surface area (Å²) in [6.07, 6.45) is 4.63. The lowest BCUT2D eigenvalue weighted by molar-refractivity contribution is 0.0740. The number of aliphatic hydroxyl groups is 1. The van der Waals surface area contributed by atoms with Crippen LogP contribution in [0.1, 0.15) is 30.7 Å². The van der Waals surface area contributed by atoms with Gasteiger partial charge >= 0.3 is 0 Å². The minimum absolute atomic E-state index is 0.467. The van der Waals surface area contributed by atoms with Crippen LogP contribution in [0.15, 0.2) is 54.9 Å². The Bertz CT molecular complexity index is 1320. The second-order valence-corrected chi connectivity index (χ2v) is 8.96. The van der Waals surface area contributed by atoms with Crippen LogP contribution in [-0.4, -0.2) is 36.4 Å². The summed E-state index contributed by atoms with van der Waals surface area (Å²) < 4.78 is 1.74. The second-order valence-electron chi connectivity index (χ2n) is 8.96. The Balaban J connectivity index is 1.49. The van der Waals surface area contributed by atoms with Crippen molar-refractivity contribution in [3.63, 3.8) is 0 Å². The van der Waals surface area contributed by atoms with Crippen LogP contribution in [-0.2, 0) is 25.6 Å². The van der Waals surface area contributed by atoms with E-state index < -0.39 is 5.60 Å². The summed E-state index contributed by atoms with van der Waals surface area (Å²) >= 11 is 0. The fourth-order valence-electron chi connectivity index (χ4n) is 3.93. The molecule has 4 heterocycles. The van der Waals surface area contributed by atoms with Crippen molar-refractivity contribution < 1.29 is 5.11 Å². The molecule has 0 atom stereocenters. The maximum absolute atomic E-state index is 10.4. The number of rotatable bonds is 6. The standard InChI is InChI=1S/C25H28N8O/c1-25(2,34)21-5-4-6-22(29-21)30-23-19(20-10-12-33(3)32-20)15-27-24(31-23)28-18-8-7-17-14-26-11-9-16(17)13-18/h4-8,10,12-13,15,26,34H,9,11,14H2,1-3H3,(H2,27,28,29,30,31). The number of aromatic nitrogens is 5. The molecule has 1 aliphatic heterocycles. The van der Waals surface area contributed by atoms with Crippen LogP contribution in [0.2, 0.25) is 0 Å². The Morgan fingerprint density at radius 3 is 2.74 bits per heavy atom. The number of hydrogen-bond donors (Lipinski definition) is 4. The average molecular weight is 457 g/mol. The normalized spacial score (nSPS) is 13.4. The molecule has 0 bridgehead atoms. The van der Waals surface area contributed by atoms with Gasteiger partial charge in [-0.2, -0.15) is 10.1 Å². The summed E-state index contributed by atoms with van der Waals surface area (Å²) in [5.74, 6) is 1.61. The number of anilines is 4. The number of aryl methyl sites for hydroxylation is 1. The molecule has 3 aromatic heterocycles. The van der Waals surface area contributed by atoms with Crippen LogP contribution in [0.3, 0.4) is 0 Å². The molecule has 0 amide bonds. The number of pyridine rings is 1. The monoisotopic (exact) mass is 456 g/mol. The first-order chi connectivity index (χ1) is 16.3. The third-order valence-corrected chi connectivity index (χ3v) is 5.75. The summed E-state index contributed by atoms with van der Waals surface area (Å²) in [5.41, 5.74) is 4.60. The fourth-order valence-corrected chi connectivity index (χ4v) is 3.93. The summed E-state index contributed by atoms with van der Waals surface area (Å²) in [6.45, 7) is 5.30. The molecule has 0 spiro atoms. The molecular weight excluding hydrogens is 428 g/mol. The summed E-state index contributed by atoms with van der Waals surface area (Å²) in [4.78, 5) is 13.9. The zero-order chi connectivity index (χ0) is 23.7. The number of fused-ring (bicyclic) bond motifs is 1. The van der Waals surface area contributed by atoms with Crippen LogP contribution in [0, 0.1) is 0 Å². The second kappa shape index (κ2) is 8.85. The molecule has 0 saturated carbocycles. The van der Waals surface area contributed by atoms with Gasteiger partial charge in [-0.25, -0.2) is 9.97 Å². The molecule has 34 heavy (non-hydrogen) atoms. The molecule has 0 radical (unpaired) electrons. The number of nitrogens with zero attached hydrogens (tertiary/aromatic N) is 5. The smallest absolute Gasteiger partial charge is 0.229 e. The fraction of sp³-hybridized carbons (Fsp3) is 0.280. The highest BCUT2D eigenvalue weighted by molar-refractivity contribution is 5.76. The van der Waals surface area contributed by atoms with E-state index in [4.69, 9.17) is 4.98 Å². The van der Waals surface area contributed by atoms with E-state index in [1.807, 2.05) is 37.5 Å². The van der Waals surface area contributed by atoms with E-state index in [1.165, 1.54) is 11.1 Å². The van der Waals surface area contributed by atoms with Crippen molar-refractivity contribution in [1.82, 2.24) is 30.0 Å². The molecule has 1 aromatic carbocycles. The lowest BCUT2D eigenvalue weighted by Gasteiger charge is -2.19. The van der Waals surface area contributed by atoms with Crippen molar-refractivity contribution in [3.8, 4) is 11.3 Å². The van der Waals surface area contributed by atoms with Gasteiger partial charge in [0.15, 0.2) is 0 Å². The van der Waals surface area contributed by atoms with Gasteiger partial charge in [0.25, 0.3) is 0 Å². The van der Waals surface area contributed by atoms with E-state index in [-0.39, 0.29) is 0 Å². The Kier molecular flexibility index (Phi) is 5.72. The Labute approximate surface area is 198 Å². The first-order valence-corrected chi connectivity index (χ1v) is 11.3. The molecule has 4 N–H and O–H groups in total. The van der Waals surface area contributed by atoms with Gasteiger partial charge < -0.3 is 21.1 Å². The van der Waals surface area contributed by atoms with Crippen molar-refractivity contribution in [3.05, 3.63) is 71.7 Å². The predicted octanol–water partition coefficient (Wildman–Crippen LogP) is 3.63. The molecule has 174 valence electrons. The minimum atomic E-state index is -1.05. The van der Waals surface area contributed by atoms with Crippen molar-refractivity contribution in [2.45, 2.75) is 32.4 Å². The van der Waals surface area contributed by atoms with Crippen molar-refractivity contribution in [1.29, 1.82) is 0 Å². The highest BCUT2D eigenvalue weighted by Gasteiger charge is 2.19. The number of hydrogen-bond acceptors (Lipinski definition) is 8. The largest absolute Gasteiger partial charge is 0.384 e. The van der Waals surface area contributed by atoms with Gasteiger partial charge in [0.2, 0.25) is 5.95 Å². The Morgan fingerprint density at radius 2 is 1.94 bits per heavy atom. The topological polar surface area (TPSA) is 113 Å². The van der Waals surface area contributed by atoms with E-state index in [9.17, 15) is 5.11 Å². The van der Waals surface area contributed by atoms with Crippen molar-refractivity contribution in [2.24, 2.45) is 7.05 Å². The minimum Gasteiger partial charge on any atom is -0.384 e. The average Bonchev–Trinajstić information content (AvgIpc) is 3.25. The maximum Gasteiger partial charge on any atom is 0.229 e. The lowest BCUT2D eigenvalue weighted by atomic mass is 10.0. The van der Waals surface area contributed by atoms with Gasteiger partial charge in [-0.1, -0.05) is 12.1 Å². The van der Waals surface area contributed by atoms with E-state index >= 15 is 0 Å². The van der Waals surface area contributed by atoms with E-state index in [0.717, 1.165) is 36.5 Å². The Hall–Kier alpha value is -3.82. The van der Waals surface area contributed by atoms with Crippen LogP contribution >= 0.6 is 0 Å². The van der Waals surface area contributed by atoms with Crippen LogP contribution in [0.4, 0.5) is 23.3 Å². The van der Waals surface area contributed by atoms with Crippen LogP contribution < -0.4 is 16.0 Å². The zero-order valence-electron chi connectivity index (χ0n) is 19.5. The van der Waals surface area contributed by atoms with Gasteiger partial charge in [0.05, 0.1) is 17.0 Å². The highest BCUT2D eigenvalue weighted by atomic mass is 16.3. The van der Waals surface area contributed by atoms with Gasteiger partial charge in [-0.15, -0.1) is 0 Å². The van der Waals surface area contributed by atoms with Crippen LogP contribution in [0.25, 0.3) is 11.3 Å². The quantitative estimate of drug-likeness (QED) is 0.348. The van der Waals surface area contributed by atoms with Crippen LogP contribution in [0.5, 0.6) is 0 Å². The van der Waals surface area contributed by atoms with Gasteiger partial charge in [0, 0.05) is 31.7 Å². The van der Waals surface area contributed by atoms with E-state index in [2.05, 4.69) is 43.1 Å². The molecule has 9 heteroatoms. The Morgan fingerprint density at radius 1 is 1.06 bits per heavy atom.